The van der Waals surface area contributed by atoms with Crippen molar-refractivity contribution >= 4 is 27.4 Å². The summed E-state index contributed by atoms with van der Waals surface area (Å²) in [4.78, 5) is 13.5. The summed E-state index contributed by atoms with van der Waals surface area (Å²) in [5.41, 5.74) is 0.650. The van der Waals surface area contributed by atoms with Crippen LogP contribution in [0.4, 0.5) is 11.4 Å². The van der Waals surface area contributed by atoms with Crippen molar-refractivity contribution in [1.29, 1.82) is 0 Å². The quantitative estimate of drug-likeness (QED) is 0.697. The molecule has 1 aliphatic heterocycles. The first-order chi connectivity index (χ1) is 13.9. The van der Waals surface area contributed by atoms with Crippen LogP contribution in [0.3, 0.4) is 0 Å². The lowest BCUT2D eigenvalue weighted by molar-refractivity contribution is 0.0696. The van der Waals surface area contributed by atoms with Gasteiger partial charge in [0.1, 0.15) is 16.4 Å². The van der Waals surface area contributed by atoms with Gasteiger partial charge in [-0.3, -0.25) is 4.72 Å². The van der Waals surface area contributed by atoms with Crippen LogP contribution >= 0.6 is 0 Å². The number of carboxylic acids is 1. The van der Waals surface area contributed by atoms with Crippen LogP contribution in [0.5, 0.6) is 11.5 Å². The van der Waals surface area contributed by atoms with Crippen LogP contribution < -0.4 is 19.1 Å². The average molecular weight is 422 g/mol. The lowest BCUT2D eigenvalue weighted by Gasteiger charge is -2.30. The van der Waals surface area contributed by atoms with Gasteiger partial charge in [0.15, 0.2) is 0 Å². The van der Waals surface area contributed by atoms with Crippen LogP contribution in [0, 0.1) is 0 Å². The summed E-state index contributed by atoms with van der Waals surface area (Å²) >= 11 is 0. The molecule has 10 heteroatoms. The summed E-state index contributed by atoms with van der Waals surface area (Å²) in [6.45, 7) is 2.13. The Balaban J connectivity index is 1.95. The summed E-state index contributed by atoms with van der Waals surface area (Å²) in [6, 6.07) is 8.82. The maximum Gasteiger partial charge on any atom is 0.337 e. The van der Waals surface area contributed by atoms with Gasteiger partial charge >= 0.3 is 5.97 Å². The number of aromatic carboxylic acids is 1. The van der Waals surface area contributed by atoms with Crippen molar-refractivity contribution in [2.24, 2.45) is 0 Å². The van der Waals surface area contributed by atoms with E-state index in [1.165, 1.54) is 38.5 Å². The molecule has 0 aliphatic carbocycles. The number of anilines is 2. The highest BCUT2D eigenvalue weighted by Gasteiger charge is 2.23. The highest BCUT2D eigenvalue weighted by Crippen LogP contribution is 2.31. The summed E-state index contributed by atoms with van der Waals surface area (Å²) in [5.74, 6) is -0.659. The van der Waals surface area contributed by atoms with Gasteiger partial charge in [-0.05, 0) is 30.3 Å². The van der Waals surface area contributed by atoms with E-state index in [9.17, 15) is 18.3 Å². The van der Waals surface area contributed by atoms with E-state index in [0.29, 0.717) is 37.7 Å². The minimum atomic E-state index is -4.05. The van der Waals surface area contributed by atoms with Gasteiger partial charge in [-0.15, -0.1) is 0 Å². The van der Waals surface area contributed by atoms with Crippen molar-refractivity contribution < 1.29 is 32.5 Å². The predicted molar refractivity (Wildman–Crippen MR) is 107 cm³/mol. The number of ether oxygens (including phenoxy) is 3. The van der Waals surface area contributed by atoms with Gasteiger partial charge in [0.2, 0.25) is 0 Å². The first kappa shape index (κ1) is 20.7. The molecular weight excluding hydrogens is 400 g/mol. The maximum absolute atomic E-state index is 12.9. The average Bonchev–Trinajstić information content (AvgIpc) is 2.73. The highest BCUT2D eigenvalue weighted by atomic mass is 32.2. The van der Waals surface area contributed by atoms with Gasteiger partial charge in [-0.1, -0.05) is 0 Å². The van der Waals surface area contributed by atoms with Gasteiger partial charge in [0, 0.05) is 24.8 Å². The molecule has 9 nitrogen and oxygen atoms in total. The molecule has 0 radical (unpaired) electrons. The second-order valence-electron chi connectivity index (χ2n) is 6.26. The van der Waals surface area contributed by atoms with Gasteiger partial charge in [-0.25, -0.2) is 13.2 Å². The van der Waals surface area contributed by atoms with Crippen molar-refractivity contribution in [2.75, 3.05) is 50.1 Å². The second kappa shape index (κ2) is 8.58. The number of methoxy groups -OCH3 is 2. The molecule has 0 bridgehead atoms. The van der Waals surface area contributed by atoms with Crippen molar-refractivity contribution in [3.05, 3.63) is 42.0 Å². The normalized spacial score (nSPS) is 14.3. The Hall–Kier alpha value is -2.98. The maximum atomic E-state index is 12.9. The number of morpholine rings is 1. The summed E-state index contributed by atoms with van der Waals surface area (Å²) in [6.07, 6.45) is 0. The molecule has 2 N–H and O–H groups in total. The number of nitrogens with one attached hydrogen (secondary N) is 1. The van der Waals surface area contributed by atoms with Crippen molar-refractivity contribution in [2.45, 2.75) is 4.90 Å². The Morgan fingerprint density at radius 1 is 1.10 bits per heavy atom. The largest absolute Gasteiger partial charge is 0.497 e. The number of nitrogens with zero attached hydrogens (tertiary/aromatic N) is 1. The minimum absolute atomic E-state index is 0.00436. The molecule has 0 saturated carbocycles. The Kier molecular flexibility index (Phi) is 6.14. The molecule has 0 amide bonds. The van der Waals surface area contributed by atoms with Crippen LogP contribution in [-0.2, 0) is 14.8 Å². The van der Waals surface area contributed by atoms with Crippen LogP contribution in [0.1, 0.15) is 10.4 Å². The molecule has 1 aliphatic rings. The lowest BCUT2D eigenvalue weighted by Crippen LogP contribution is -2.37. The number of hydrogen-bond donors (Lipinski definition) is 2. The fraction of sp³-hybridized carbons (Fsp3) is 0.316. The van der Waals surface area contributed by atoms with E-state index < -0.39 is 16.0 Å². The van der Waals surface area contributed by atoms with E-state index in [-0.39, 0.29) is 21.9 Å². The topological polar surface area (TPSA) is 114 Å². The first-order valence-electron chi connectivity index (χ1n) is 8.80. The van der Waals surface area contributed by atoms with Crippen LogP contribution in [0.25, 0.3) is 0 Å². The third kappa shape index (κ3) is 4.54. The summed E-state index contributed by atoms with van der Waals surface area (Å²) in [7, 11) is -1.26. The van der Waals surface area contributed by atoms with Gasteiger partial charge in [-0.2, -0.15) is 0 Å². The summed E-state index contributed by atoms with van der Waals surface area (Å²) in [5, 5.41) is 9.61. The van der Waals surface area contributed by atoms with Gasteiger partial charge < -0.3 is 24.2 Å². The third-order valence-corrected chi connectivity index (χ3v) is 5.89. The SMILES string of the molecule is COc1ccc(OC)c(S(=O)(=O)Nc2ccc(N3CCOCC3)c(C(=O)O)c2)c1. The number of rotatable bonds is 7. The number of carboxylic acid groups (broad SMARTS) is 1. The zero-order valence-electron chi connectivity index (χ0n) is 16.0. The fourth-order valence-corrected chi connectivity index (χ4v) is 4.29. The predicted octanol–water partition coefficient (Wildman–Crippen LogP) is 2.04. The Labute approximate surface area is 168 Å². The lowest BCUT2D eigenvalue weighted by atomic mass is 10.1. The zero-order chi connectivity index (χ0) is 21.0. The molecule has 1 fully saturated rings. The van der Waals surface area contributed by atoms with E-state index >= 15 is 0 Å². The van der Waals surface area contributed by atoms with Crippen molar-refractivity contribution in [1.82, 2.24) is 0 Å². The second-order valence-corrected chi connectivity index (χ2v) is 7.91. The Morgan fingerprint density at radius 2 is 1.83 bits per heavy atom. The molecule has 0 unspecified atom stereocenters. The van der Waals surface area contributed by atoms with Crippen LogP contribution in [-0.4, -0.2) is 60.0 Å². The molecule has 1 saturated heterocycles. The highest BCUT2D eigenvalue weighted by molar-refractivity contribution is 7.92. The van der Waals surface area contributed by atoms with E-state index in [1.54, 1.807) is 12.1 Å². The minimum Gasteiger partial charge on any atom is -0.497 e. The van der Waals surface area contributed by atoms with Gasteiger partial charge in [0.05, 0.1) is 38.7 Å². The van der Waals surface area contributed by atoms with Crippen molar-refractivity contribution in [3.63, 3.8) is 0 Å². The standard InChI is InChI=1S/C19H22N2O7S/c1-26-14-4-6-17(27-2)18(12-14)29(24,25)20-13-3-5-16(15(11-13)19(22)23)21-7-9-28-10-8-21/h3-6,11-12,20H,7-10H2,1-2H3,(H,22,23). The molecule has 156 valence electrons. The first-order valence-corrected chi connectivity index (χ1v) is 10.3. The fourth-order valence-electron chi connectivity index (χ4n) is 3.05. The summed E-state index contributed by atoms with van der Waals surface area (Å²) < 4.78 is 43.7. The van der Waals surface area contributed by atoms with E-state index in [0.717, 1.165) is 0 Å². The van der Waals surface area contributed by atoms with E-state index in [2.05, 4.69) is 4.72 Å². The molecule has 2 aromatic rings. The molecule has 0 atom stereocenters. The number of hydrogen-bond acceptors (Lipinski definition) is 7. The Bertz CT molecular complexity index is 1000. The van der Waals surface area contributed by atoms with E-state index in [1.807, 2.05) is 4.90 Å². The number of carbonyl (C=O) groups is 1. The number of sulfonamides is 1. The molecule has 1 heterocycles. The van der Waals surface area contributed by atoms with Gasteiger partial charge in [0.25, 0.3) is 10.0 Å². The molecule has 0 aromatic heterocycles. The Morgan fingerprint density at radius 3 is 2.45 bits per heavy atom. The molecule has 29 heavy (non-hydrogen) atoms. The zero-order valence-corrected chi connectivity index (χ0v) is 16.9. The molecule has 2 aromatic carbocycles. The molecule has 3 rings (SSSR count). The van der Waals surface area contributed by atoms with E-state index in [4.69, 9.17) is 14.2 Å². The number of benzene rings is 2. The van der Waals surface area contributed by atoms with Crippen LogP contribution in [0.15, 0.2) is 41.3 Å². The molecular formula is C19H22N2O7S. The van der Waals surface area contributed by atoms with Crippen molar-refractivity contribution in [3.8, 4) is 11.5 Å². The smallest absolute Gasteiger partial charge is 0.337 e. The molecule has 0 spiro atoms. The third-order valence-electron chi connectivity index (χ3n) is 4.49. The monoisotopic (exact) mass is 422 g/mol. The van der Waals surface area contributed by atoms with Crippen LogP contribution in [0.2, 0.25) is 0 Å².